The van der Waals surface area contributed by atoms with Gasteiger partial charge < -0.3 is 14.6 Å². The van der Waals surface area contributed by atoms with Crippen molar-refractivity contribution in [1.82, 2.24) is 0 Å². The summed E-state index contributed by atoms with van der Waals surface area (Å²) in [5.74, 6) is 3.92. The molecule has 0 heterocycles. The van der Waals surface area contributed by atoms with Gasteiger partial charge in [0, 0.05) is 7.11 Å². The van der Waals surface area contributed by atoms with Crippen molar-refractivity contribution < 1.29 is 23.4 Å². The van der Waals surface area contributed by atoms with Gasteiger partial charge in [0.25, 0.3) is 0 Å². The highest BCUT2D eigenvalue weighted by Gasteiger charge is 2.25. The molecule has 0 bridgehead atoms. The van der Waals surface area contributed by atoms with Crippen LogP contribution in [0, 0.1) is 36.3 Å². The molecule has 2 aromatic carbocycles. The fraction of sp³-hybridized carbons (Fsp3) is 0.273. The van der Waals surface area contributed by atoms with Gasteiger partial charge in [0.05, 0.1) is 0 Å². The number of methoxy groups -OCH3 is 1. The third-order valence-electron chi connectivity index (χ3n) is 3.78. The van der Waals surface area contributed by atoms with Crippen LogP contribution in [-0.2, 0) is 20.7 Å². The fourth-order valence-corrected chi connectivity index (χ4v) is 2.04. The molecule has 0 fully saturated rings. The Kier molecular flexibility index (Phi) is 8.15. The molecule has 0 aliphatic heterocycles. The Morgan fingerprint density at radius 3 is 1.93 bits per heavy atom. The highest BCUT2D eigenvalue weighted by Crippen LogP contribution is 2.25. The molecule has 142 valence electrons. The molecule has 0 saturated heterocycles. The summed E-state index contributed by atoms with van der Waals surface area (Å²) in [6, 6.07) is 11.6. The molecule has 0 spiro atoms. The Bertz CT molecular complexity index is 834. The number of hydrogen-bond acceptors (Lipinski definition) is 3. The summed E-state index contributed by atoms with van der Waals surface area (Å²) in [4.78, 5) is 0. The molecule has 27 heavy (non-hydrogen) atoms. The smallest absolute Gasteiger partial charge is 0.154 e. The highest BCUT2D eigenvalue weighted by molar-refractivity contribution is 5.30. The highest BCUT2D eigenvalue weighted by atomic mass is 19.1. The molecule has 2 rings (SSSR count). The van der Waals surface area contributed by atoms with Crippen LogP contribution >= 0.6 is 0 Å². The first-order valence-electron chi connectivity index (χ1n) is 8.01. The molecule has 2 aromatic rings. The van der Waals surface area contributed by atoms with Gasteiger partial charge in [-0.15, -0.1) is 12.8 Å². The van der Waals surface area contributed by atoms with Gasteiger partial charge in [-0.3, -0.25) is 0 Å². The van der Waals surface area contributed by atoms with Crippen LogP contribution in [0.4, 0.5) is 8.78 Å². The second kappa shape index (κ2) is 9.85. The zero-order valence-electron chi connectivity index (χ0n) is 15.5. The number of ether oxygens (including phenoxy) is 2. The van der Waals surface area contributed by atoms with E-state index >= 15 is 0 Å². The summed E-state index contributed by atoms with van der Waals surface area (Å²) in [6.07, 6.45) is 10.4. The van der Waals surface area contributed by atoms with Gasteiger partial charge in [-0.1, -0.05) is 36.1 Å². The number of halogens is 2. The Hall–Kier alpha value is -2.70. The lowest BCUT2D eigenvalue weighted by atomic mass is 9.97. The minimum atomic E-state index is -1.39. The van der Waals surface area contributed by atoms with Crippen LogP contribution in [-0.4, -0.2) is 19.0 Å². The zero-order chi connectivity index (χ0) is 20.5. The van der Waals surface area contributed by atoms with Crippen LogP contribution < -0.4 is 0 Å². The summed E-state index contributed by atoms with van der Waals surface area (Å²) >= 11 is 0. The van der Waals surface area contributed by atoms with Crippen molar-refractivity contribution in [3.05, 3.63) is 71.3 Å². The van der Waals surface area contributed by atoms with Gasteiger partial charge in [-0.2, -0.15) is 0 Å². The first-order valence-corrected chi connectivity index (χ1v) is 8.01. The second-order valence-electron chi connectivity index (χ2n) is 5.97. The lowest BCUT2D eigenvalue weighted by Crippen LogP contribution is -2.25. The molecule has 0 radical (unpaired) electrons. The Morgan fingerprint density at radius 1 is 0.963 bits per heavy atom. The maximum atomic E-state index is 13.0. The normalized spacial score (nSPS) is 14.5. The molecule has 5 heteroatoms. The number of rotatable bonds is 5. The summed E-state index contributed by atoms with van der Waals surface area (Å²) in [5, 5.41) is 9.52. The van der Waals surface area contributed by atoms with E-state index in [-0.39, 0.29) is 12.6 Å². The number of aliphatic hydroxyl groups is 1. The minimum Gasteiger partial charge on any atom is -0.374 e. The molecular weight excluding hydrogens is 350 g/mol. The van der Waals surface area contributed by atoms with E-state index in [1.54, 1.807) is 25.1 Å². The molecule has 0 aliphatic rings. The van der Waals surface area contributed by atoms with Crippen LogP contribution in [0.1, 0.15) is 25.0 Å². The third kappa shape index (κ3) is 6.51. The summed E-state index contributed by atoms with van der Waals surface area (Å²) < 4.78 is 35.8. The summed E-state index contributed by atoms with van der Waals surface area (Å²) in [5.41, 5.74) is -1.35. The van der Waals surface area contributed by atoms with E-state index in [0.717, 1.165) is 0 Å². The van der Waals surface area contributed by atoms with Crippen LogP contribution in [0.5, 0.6) is 0 Å². The van der Waals surface area contributed by atoms with E-state index < -0.39 is 17.0 Å². The van der Waals surface area contributed by atoms with Crippen molar-refractivity contribution in [2.75, 3.05) is 13.9 Å². The molecule has 2 unspecified atom stereocenters. The Morgan fingerprint density at radius 2 is 1.48 bits per heavy atom. The van der Waals surface area contributed by atoms with E-state index in [0.29, 0.717) is 11.1 Å². The molecule has 2 atom stereocenters. The molecule has 1 N–H and O–H groups in total. The number of terminal acetylenes is 2. The van der Waals surface area contributed by atoms with E-state index in [4.69, 9.17) is 22.3 Å². The van der Waals surface area contributed by atoms with Gasteiger partial charge in [0.1, 0.15) is 24.0 Å². The van der Waals surface area contributed by atoms with Crippen molar-refractivity contribution in [3.63, 3.8) is 0 Å². The predicted molar refractivity (Wildman–Crippen MR) is 100 cm³/mol. The van der Waals surface area contributed by atoms with E-state index in [2.05, 4.69) is 11.8 Å². The topological polar surface area (TPSA) is 38.7 Å². The van der Waals surface area contributed by atoms with Crippen LogP contribution in [0.3, 0.4) is 0 Å². The lowest BCUT2D eigenvalue weighted by Gasteiger charge is -2.24. The van der Waals surface area contributed by atoms with Gasteiger partial charge >= 0.3 is 0 Å². The monoisotopic (exact) mass is 372 g/mol. The second-order valence-corrected chi connectivity index (χ2v) is 5.97. The standard InChI is InChI=1S/C12H13FO2.C10H9FO/c1-4-12(2,15-9-14-3)10-6-5-7-11(13)8-10;1-3-10(2,12)8-5-4-6-9(11)7-8/h1,5-8H,9H2,2-3H3;1,4-7,12H,2H3. The zero-order valence-corrected chi connectivity index (χ0v) is 15.5. The predicted octanol–water partition coefficient (Wildman–Crippen LogP) is 3.96. The lowest BCUT2D eigenvalue weighted by molar-refractivity contribution is -0.0990. The Labute approximate surface area is 158 Å². The van der Waals surface area contributed by atoms with Crippen molar-refractivity contribution >= 4 is 0 Å². The minimum absolute atomic E-state index is 0.0667. The van der Waals surface area contributed by atoms with E-state index in [1.807, 2.05) is 0 Å². The molecule has 3 nitrogen and oxygen atoms in total. The molecule has 0 amide bonds. The van der Waals surface area contributed by atoms with Crippen molar-refractivity contribution in [2.45, 2.75) is 25.0 Å². The SMILES string of the molecule is C#CC(C)(O)c1cccc(F)c1.C#CC(C)(OCOC)c1cccc(F)c1. The molecule has 0 aromatic heterocycles. The van der Waals surface area contributed by atoms with Crippen molar-refractivity contribution in [2.24, 2.45) is 0 Å². The van der Waals surface area contributed by atoms with Crippen molar-refractivity contribution in [1.29, 1.82) is 0 Å². The molecular formula is C22H22F2O3. The van der Waals surface area contributed by atoms with Crippen molar-refractivity contribution in [3.8, 4) is 24.7 Å². The van der Waals surface area contributed by atoms with E-state index in [1.165, 1.54) is 44.4 Å². The fourth-order valence-electron chi connectivity index (χ4n) is 2.04. The van der Waals surface area contributed by atoms with Gasteiger partial charge in [0.2, 0.25) is 0 Å². The van der Waals surface area contributed by atoms with Gasteiger partial charge in [-0.05, 0) is 49.2 Å². The van der Waals surface area contributed by atoms with Gasteiger partial charge in [-0.25, -0.2) is 8.78 Å². The summed E-state index contributed by atoms with van der Waals surface area (Å²) in [6.45, 7) is 3.21. The quantitative estimate of drug-likeness (QED) is 0.638. The first kappa shape index (κ1) is 22.3. The maximum Gasteiger partial charge on any atom is 0.154 e. The largest absolute Gasteiger partial charge is 0.374 e. The number of hydrogen-bond donors (Lipinski definition) is 1. The van der Waals surface area contributed by atoms with Crippen LogP contribution in [0.15, 0.2) is 48.5 Å². The molecule has 0 saturated carbocycles. The number of benzene rings is 2. The average molecular weight is 372 g/mol. The van der Waals surface area contributed by atoms with Crippen LogP contribution in [0.2, 0.25) is 0 Å². The Balaban J connectivity index is 0.000000277. The molecule has 0 aliphatic carbocycles. The first-order chi connectivity index (χ1) is 12.7. The van der Waals surface area contributed by atoms with Gasteiger partial charge in [0.15, 0.2) is 5.60 Å². The summed E-state index contributed by atoms with van der Waals surface area (Å²) in [7, 11) is 1.50. The van der Waals surface area contributed by atoms with Crippen LogP contribution in [0.25, 0.3) is 0 Å². The average Bonchev–Trinajstić information content (AvgIpc) is 2.66. The third-order valence-corrected chi connectivity index (χ3v) is 3.78. The maximum absolute atomic E-state index is 13.0. The van der Waals surface area contributed by atoms with E-state index in [9.17, 15) is 13.9 Å².